The first-order valence-electron chi connectivity index (χ1n) is 14.7. The quantitative estimate of drug-likeness (QED) is 0.336. The van der Waals surface area contributed by atoms with E-state index in [0.29, 0.717) is 41.7 Å². The van der Waals surface area contributed by atoms with E-state index in [1.54, 1.807) is 40.3 Å². The van der Waals surface area contributed by atoms with Gasteiger partial charge in [-0.3, -0.25) is 19.2 Å². The Balaban J connectivity index is 1.35. The lowest BCUT2D eigenvalue weighted by Gasteiger charge is -2.39. The molecule has 44 heavy (non-hydrogen) atoms. The van der Waals surface area contributed by atoms with Gasteiger partial charge in [0.15, 0.2) is 11.5 Å². The van der Waals surface area contributed by atoms with E-state index < -0.39 is 5.92 Å². The van der Waals surface area contributed by atoms with Gasteiger partial charge in [-0.2, -0.15) is 0 Å². The number of methoxy groups -OCH3 is 1. The van der Waals surface area contributed by atoms with Crippen molar-refractivity contribution in [2.75, 3.05) is 46.9 Å². The number of rotatable bonds is 9. The third kappa shape index (κ3) is 6.62. The van der Waals surface area contributed by atoms with Crippen LogP contribution in [-0.4, -0.2) is 91.4 Å². The van der Waals surface area contributed by atoms with Crippen LogP contribution in [-0.2, 0) is 20.8 Å². The molecule has 0 bridgehead atoms. The average Bonchev–Trinajstić information content (AvgIpc) is 3.62. The van der Waals surface area contributed by atoms with Gasteiger partial charge in [-0.15, -0.1) is 0 Å². The fraction of sp³-hybridized carbons (Fsp3) is 0.438. The third-order valence-electron chi connectivity index (χ3n) is 8.40. The smallest absolute Gasteiger partial charge is 0.254 e. The lowest BCUT2D eigenvalue weighted by atomic mass is 9.79. The molecule has 234 valence electrons. The molecule has 11 nitrogen and oxygen atoms in total. The van der Waals surface area contributed by atoms with E-state index in [0.717, 1.165) is 16.5 Å². The number of carbonyl (C=O) groups excluding carboxylic acids is 4. The highest BCUT2D eigenvalue weighted by molar-refractivity contribution is 6.31. The van der Waals surface area contributed by atoms with Gasteiger partial charge in [0.1, 0.15) is 0 Å². The number of likely N-dealkylation sites (tertiary alicyclic amines) is 2. The molecule has 3 aromatic rings. The van der Waals surface area contributed by atoms with Crippen molar-refractivity contribution < 1.29 is 28.7 Å². The van der Waals surface area contributed by atoms with Gasteiger partial charge in [0.25, 0.3) is 5.91 Å². The van der Waals surface area contributed by atoms with Crippen LogP contribution >= 0.6 is 11.6 Å². The van der Waals surface area contributed by atoms with Crippen molar-refractivity contribution in [1.82, 2.24) is 25.4 Å². The number of H-pyrrole nitrogens is 1. The Morgan fingerprint density at radius 1 is 1.02 bits per heavy atom. The predicted molar refractivity (Wildman–Crippen MR) is 166 cm³/mol. The number of hydrogen-bond acceptors (Lipinski definition) is 6. The van der Waals surface area contributed by atoms with Crippen LogP contribution in [0.15, 0.2) is 42.6 Å². The minimum atomic E-state index is -0.585. The van der Waals surface area contributed by atoms with Crippen LogP contribution in [0, 0.1) is 17.8 Å². The molecular formula is C32H38ClN5O6. The normalized spacial score (nSPS) is 19.5. The zero-order valence-corrected chi connectivity index (χ0v) is 26.1. The van der Waals surface area contributed by atoms with E-state index in [-0.39, 0.29) is 61.1 Å². The Hall–Kier alpha value is -4.25. The molecule has 12 heteroatoms. The number of aromatic amines is 1. The molecule has 0 radical (unpaired) electrons. The Kier molecular flexibility index (Phi) is 9.33. The Morgan fingerprint density at radius 2 is 1.80 bits per heavy atom. The number of aromatic nitrogens is 1. The summed E-state index contributed by atoms with van der Waals surface area (Å²) in [6.07, 6.45) is 1.90. The lowest BCUT2D eigenvalue weighted by molar-refractivity contribution is -0.139. The first-order chi connectivity index (χ1) is 21.1. The highest BCUT2D eigenvalue weighted by atomic mass is 35.5. The minimum Gasteiger partial charge on any atom is -0.493 e. The zero-order valence-electron chi connectivity index (χ0n) is 25.3. The highest BCUT2D eigenvalue weighted by Crippen LogP contribution is 2.37. The van der Waals surface area contributed by atoms with Crippen LogP contribution in [0.3, 0.4) is 0 Å². The summed E-state index contributed by atoms with van der Waals surface area (Å²) in [6, 6.07) is 10.6. The number of amides is 4. The summed E-state index contributed by atoms with van der Waals surface area (Å²) in [4.78, 5) is 59.2. The van der Waals surface area contributed by atoms with E-state index in [1.165, 1.54) is 14.2 Å². The van der Waals surface area contributed by atoms with Crippen molar-refractivity contribution in [3.8, 4) is 11.5 Å². The van der Waals surface area contributed by atoms with Crippen molar-refractivity contribution in [3.05, 3.63) is 58.7 Å². The molecule has 3 unspecified atom stereocenters. The van der Waals surface area contributed by atoms with Crippen LogP contribution < -0.4 is 20.1 Å². The standard InChI is InChI=1S/C32H38ClN5O6/c1-18(2)44-27-8-5-19(9-28(27)43-4)32(42)38-15-21-14-37(17-25(24(21)16-38)31(41)36-13-29(39)34-3)30(40)10-20-12-35-26-11-22(33)6-7-23(20)26/h5-9,11-12,18,21,24-25,35H,10,13-17H2,1-4H3,(H,34,39)(H,36,41). The molecule has 2 aromatic carbocycles. The monoisotopic (exact) mass is 623 g/mol. The maximum absolute atomic E-state index is 13.7. The summed E-state index contributed by atoms with van der Waals surface area (Å²) >= 11 is 6.12. The molecule has 3 N–H and O–H groups in total. The molecule has 3 atom stereocenters. The van der Waals surface area contributed by atoms with Gasteiger partial charge in [-0.1, -0.05) is 17.7 Å². The minimum absolute atomic E-state index is 0.0567. The Labute approximate surface area is 261 Å². The van der Waals surface area contributed by atoms with Crippen LogP contribution in [0.4, 0.5) is 0 Å². The topological polar surface area (TPSA) is 133 Å². The molecule has 0 aliphatic carbocycles. The van der Waals surface area contributed by atoms with Gasteiger partial charge in [0, 0.05) is 60.9 Å². The van der Waals surface area contributed by atoms with E-state index in [1.807, 2.05) is 26.0 Å². The summed E-state index contributed by atoms with van der Waals surface area (Å²) in [5, 5.41) is 6.74. The van der Waals surface area contributed by atoms with Crippen LogP contribution in [0.2, 0.25) is 5.02 Å². The predicted octanol–water partition coefficient (Wildman–Crippen LogP) is 2.87. The second-order valence-electron chi connectivity index (χ2n) is 11.6. The molecule has 3 heterocycles. The van der Waals surface area contributed by atoms with Crippen LogP contribution in [0.1, 0.15) is 29.8 Å². The van der Waals surface area contributed by atoms with Gasteiger partial charge in [0.2, 0.25) is 17.7 Å². The van der Waals surface area contributed by atoms with Crippen LogP contribution in [0.5, 0.6) is 11.5 Å². The van der Waals surface area contributed by atoms with Gasteiger partial charge >= 0.3 is 0 Å². The summed E-state index contributed by atoms with van der Waals surface area (Å²) in [5.41, 5.74) is 2.13. The lowest BCUT2D eigenvalue weighted by Crippen LogP contribution is -2.54. The maximum Gasteiger partial charge on any atom is 0.254 e. The van der Waals surface area contributed by atoms with Crippen molar-refractivity contribution in [2.45, 2.75) is 26.4 Å². The highest BCUT2D eigenvalue weighted by Gasteiger charge is 2.48. The number of likely N-dealkylation sites (N-methyl/N-ethyl adjacent to an activating group) is 1. The second-order valence-corrected chi connectivity index (χ2v) is 12.1. The Bertz CT molecular complexity index is 1570. The molecule has 0 saturated carbocycles. The van der Waals surface area contributed by atoms with E-state index in [2.05, 4.69) is 15.6 Å². The number of benzene rings is 2. The number of piperidine rings is 1. The van der Waals surface area contributed by atoms with Crippen molar-refractivity contribution in [1.29, 1.82) is 0 Å². The molecule has 2 aliphatic rings. The third-order valence-corrected chi connectivity index (χ3v) is 8.64. The average molecular weight is 624 g/mol. The van der Waals surface area contributed by atoms with E-state index in [9.17, 15) is 19.2 Å². The maximum atomic E-state index is 13.7. The van der Waals surface area contributed by atoms with E-state index >= 15 is 0 Å². The molecular weight excluding hydrogens is 586 g/mol. The van der Waals surface area contributed by atoms with Crippen LogP contribution in [0.25, 0.3) is 10.9 Å². The number of nitrogens with zero attached hydrogens (tertiary/aromatic N) is 2. The second kappa shape index (κ2) is 13.2. The molecule has 0 spiro atoms. The fourth-order valence-corrected chi connectivity index (χ4v) is 6.40. The summed E-state index contributed by atoms with van der Waals surface area (Å²) in [5.74, 6) is -0.786. The largest absolute Gasteiger partial charge is 0.493 e. The number of ether oxygens (including phenoxy) is 2. The van der Waals surface area contributed by atoms with Crippen molar-refractivity contribution >= 4 is 46.1 Å². The molecule has 1 aromatic heterocycles. The number of fused-ring (bicyclic) bond motifs is 2. The number of carbonyl (C=O) groups is 4. The Morgan fingerprint density at radius 3 is 2.52 bits per heavy atom. The molecule has 4 amide bonds. The molecule has 2 fully saturated rings. The zero-order chi connectivity index (χ0) is 31.5. The fourth-order valence-electron chi connectivity index (χ4n) is 6.22. The van der Waals surface area contributed by atoms with Crippen molar-refractivity contribution in [2.24, 2.45) is 17.8 Å². The van der Waals surface area contributed by atoms with E-state index in [4.69, 9.17) is 21.1 Å². The van der Waals surface area contributed by atoms with Crippen molar-refractivity contribution in [3.63, 3.8) is 0 Å². The SMILES string of the molecule is CNC(=O)CNC(=O)C1CN(C(=O)Cc2c[nH]c3cc(Cl)ccc23)CC2CN(C(=O)c3ccc(OC(C)C)c(OC)c3)CC21. The molecule has 5 rings (SSSR count). The molecule has 2 saturated heterocycles. The van der Waals surface area contributed by atoms with Gasteiger partial charge < -0.3 is 34.9 Å². The van der Waals surface area contributed by atoms with Gasteiger partial charge in [-0.05, 0) is 61.6 Å². The van der Waals surface area contributed by atoms with Gasteiger partial charge in [0.05, 0.1) is 32.1 Å². The molecule has 2 aliphatic heterocycles. The summed E-state index contributed by atoms with van der Waals surface area (Å²) in [7, 11) is 3.03. The number of nitrogens with one attached hydrogen (secondary N) is 3. The first kappa shape index (κ1) is 31.2. The number of hydrogen-bond donors (Lipinski definition) is 3. The first-order valence-corrected chi connectivity index (χ1v) is 15.1. The summed E-state index contributed by atoms with van der Waals surface area (Å²) < 4.78 is 11.3. The number of halogens is 1. The van der Waals surface area contributed by atoms with Gasteiger partial charge in [-0.25, -0.2) is 0 Å². The summed E-state index contributed by atoms with van der Waals surface area (Å²) in [6.45, 7) is 5.04.